The highest BCUT2D eigenvalue weighted by molar-refractivity contribution is 6.31. The molecule has 1 unspecified atom stereocenters. The maximum Gasteiger partial charge on any atom is 0.283 e. The van der Waals surface area contributed by atoms with Crippen LogP contribution in [0.1, 0.15) is 49.9 Å². The van der Waals surface area contributed by atoms with Gasteiger partial charge in [0.15, 0.2) is 5.78 Å². The molecule has 1 atom stereocenters. The fraction of sp³-hybridized carbons (Fsp3) is 0.300. The number of benzene rings is 2. The molecule has 0 radical (unpaired) electrons. The molecular weight excluding hydrogens is 566 g/mol. The van der Waals surface area contributed by atoms with Gasteiger partial charge in [-0.2, -0.15) is 5.10 Å². The van der Waals surface area contributed by atoms with E-state index in [0.717, 1.165) is 35.5 Å². The van der Waals surface area contributed by atoms with Crippen molar-refractivity contribution in [2.45, 2.75) is 45.1 Å². The number of hydrogen-bond donors (Lipinski definition) is 0. The minimum Gasteiger partial charge on any atom is -0.495 e. The van der Waals surface area contributed by atoms with Crippen LogP contribution in [-0.2, 0) is 18.3 Å². The highest BCUT2D eigenvalue weighted by Crippen LogP contribution is 2.36. The number of alkyl halides is 2. The number of fused-ring (bicyclic) bond motifs is 1. The lowest BCUT2D eigenvalue weighted by atomic mass is 9.97. The Morgan fingerprint density at radius 1 is 1.07 bits per heavy atom. The number of hydrogen-bond acceptors (Lipinski definition) is 6. The smallest absolute Gasteiger partial charge is 0.283 e. The van der Waals surface area contributed by atoms with Crippen molar-refractivity contribution in [3.05, 3.63) is 87.7 Å². The van der Waals surface area contributed by atoms with Gasteiger partial charge >= 0.3 is 0 Å². The highest BCUT2D eigenvalue weighted by Gasteiger charge is 2.25. The van der Waals surface area contributed by atoms with Gasteiger partial charge in [0.25, 0.3) is 12.0 Å². The van der Waals surface area contributed by atoms with Crippen LogP contribution in [0, 0.1) is 0 Å². The molecule has 42 heavy (non-hydrogen) atoms. The van der Waals surface area contributed by atoms with E-state index in [-0.39, 0.29) is 12.2 Å². The molecule has 0 spiro atoms. The number of rotatable bonds is 11. The van der Waals surface area contributed by atoms with Crippen molar-refractivity contribution in [3.8, 4) is 22.6 Å². The molecule has 5 aromatic rings. The summed E-state index contributed by atoms with van der Waals surface area (Å²) < 4.78 is 36.4. The zero-order valence-electron chi connectivity index (χ0n) is 23.3. The van der Waals surface area contributed by atoms with Crippen LogP contribution in [0.4, 0.5) is 8.78 Å². The molecule has 9 nitrogen and oxygen atoms in total. The summed E-state index contributed by atoms with van der Waals surface area (Å²) >= 11 is 6.30. The number of aromatic nitrogens is 6. The molecule has 3 heterocycles. The van der Waals surface area contributed by atoms with Crippen LogP contribution in [0.3, 0.4) is 0 Å². The molecule has 0 aliphatic heterocycles. The number of halogens is 3. The molecule has 0 fully saturated rings. The Morgan fingerprint density at radius 3 is 2.60 bits per heavy atom. The van der Waals surface area contributed by atoms with E-state index in [2.05, 4.69) is 15.4 Å². The van der Waals surface area contributed by atoms with Crippen LogP contribution in [0.25, 0.3) is 27.7 Å². The van der Waals surface area contributed by atoms with E-state index < -0.39 is 23.7 Å². The maximum absolute atomic E-state index is 13.7. The van der Waals surface area contributed by atoms with Crippen molar-refractivity contribution < 1.29 is 18.3 Å². The number of nitrogens with zero attached hydrogens (tertiary/aromatic N) is 6. The molecule has 5 rings (SSSR count). The third-order valence-electron chi connectivity index (χ3n) is 7.09. The predicted octanol–water partition coefficient (Wildman–Crippen LogP) is 6.13. The van der Waals surface area contributed by atoms with Crippen molar-refractivity contribution in [3.63, 3.8) is 0 Å². The Labute approximate surface area is 245 Å². The molecular formula is C30H29ClF2N6O3. The number of unbranched alkanes of at least 4 members (excludes halogenated alkanes) is 1. The third kappa shape index (κ3) is 5.96. The van der Waals surface area contributed by atoms with Crippen LogP contribution in [0.15, 0.2) is 65.8 Å². The van der Waals surface area contributed by atoms with Crippen LogP contribution >= 0.6 is 11.6 Å². The van der Waals surface area contributed by atoms with Gasteiger partial charge in [0, 0.05) is 47.3 Å². The minimum absolute atomic E-state index is 0.103. The Balaban J connectivity index is 1.54. The molecule has 0 bridgehead atoms. The number of methoxy groups -OCH3 is 1. The standard InChI is InChI=1S/C30H29ClF2N6O3/c1-4-5-6-26(27(40)12-18-7-9-23-19(11-18)15-37(2)35-23)38-17-28(42-3)22(14-29(38)41)21-13-20(31)8-10-25(21)39-16-24(30(32)33)34-36-39/h7-11,13-17,26,30H,4-6,12H2,1-3H3. The zero-order chi connectivity index (χ0) is 30.0. The van der Waals surface area contributed by atoms with E-state index in [1.807, 2.05) is 38.4 Å². The van der Waals surface area contributed by atoms with Gasteiger partial charge in [0.1, 0.15) is 11.4 Å². The Kier molecular flexibility index (Phi) is 8.49. The lowest BCUT2D eigenvalue weighted by Crippen LogP contribution is -2.30. The van der Waals surface area contributed by atoms with Crippen LogP contribution in [0.2, 0.25) is 5.02 Å². The molecule has 0 aliphatic rings. The van der Waals surface area contributed by atoms with Crippen molar-refractivity contribution in [2.24, 2.45) is 7.05 Å². The maximum atomic E-state index is 13.7. The molecule has 0 saturated carbocycles. The summed E-state index contributed by atoms with van der Waals surface area (Å²) in [4.78, 5) is 27.3. The van der Waals surface area contributed by atoms with Crippen molar-refractivity contribution in [1.82, 2.24) is 29.3 Å². The average Bonchev–Trinajstić information content (AvgIpc) is 3.60. The molecule has 0 amide bonds. The number of carbonyl (C=O) groups is 1. The van der Waals surface area contributed by atoms with Crippen molar-refractivity contribution >= 4 is 28.3 Å². The highest BCUT2D eigenvalue weighted by atomic mass is 35.5. The van der Waals surface area contributed by atoms with Gasteiger partial charge in [-0.25, -0.2) is 13.5 Å². The predicted molar refractivity (Wildman–Crippen MR) is 156 cm³/mol. The first kappa shape index (κ1) is 29.1. The summed E-state index contributed by atoms with van der Waals surface area (Å²) in [6, 6.07) is 11.1. The second-order valence-corrected chi connectivity index (χ2v) is 10.5. The average molecular weight is 595 g/mol. The second-order valence-electron chi connectivity index (χ2n) is 10.0. The third-order valence-corrected chi connectivity index (χ3v) is 7.33. The summed E-state index contributed by atoms with van der Waals surface area (Å²) in [7, 11) is 3.29. The van der Waals surface area contributed by atoms with Gasteiger partial charge in [-0.1, -0.05) is 42.6 Å². The van der Waals surface area contributed by atoms with Crippen LogP contribution < -0.4 is 10.3 Å². The zero-order valence-corrected chi connectivity index (χ0v) is 24.1. The van der Waals surface area contributed by atoms with E-state index in [4.69, 9.17) is 16.3 Å². The van der Waals surface area contributed by atoms with E-state index in [0.29, 0.717) is 34.0 Å². The van der Waals surface area contributed by atoms with E-state index in [1.165, 1.54) is 28.6 Å². The topological polar surface area (TPSA) is 96.8 Å². The Hall–Kier alpha value is -4.38. The van der Waals surface area contributed by atoms with Gasteiger partial charge in [0.05, 0.1) is 36.7 Å². The van der Waals surface area contributed by atoms with Gasteiger partial charge in [-0.3, -0.25) is 14.3 Å². The SMILES string of the molecule is CCCCC(C(=O)Cc1ccc2nn(C)cc2c1)n1cc(OC)c(-c2cc(Cl)ccc2-n2cc(C(F)F)nn2)cc1=O. The van der Waals surface area contributed by atoms with E-state index in [9.17, 15) is 18.4 Å². The first-order valence-corrected chi connectivity index (χ1v) is 13.8. The molecule has 2 aromatic carbocycles. The van der Waals surface area contributed by atoms with Crippen molar-refractivity contribution in [1.29, 1.82) is 0 Å². The van der Waals surface area contributed by atoms with E-state index >= 15 is 0 Å². The molecule has 0 N–H and O–H groups in total. The van der Waals surface area contributed by atoms with Crippen LogP contribution in [-0.4, -0.2) is 42.2 Å². The summed E-state index contributed by atoms with van der Waals surface area (Å²) in [6.45, 7) is 2.02. The van der Waals surface area contributed by atoms with Gasteiger partial charge in [-0.05, 0) is 42.3 Å². The summed E-state index contributed by atoms with van der Waals surface area (Å²) in [5.74, 6) is 0.201. The molecule has 3 aromatic heterocycles. The summed E-state index contributed by atoms with van der Waals surface area (Å²) in [5, 5.41) is 13.0. The number of carbonyl (C=O) groups excluding carboxylic acids is 1. The molecule has 218 valence electrons. The molecule has 12 heteroatoms. The Morgan fingerprint density at radius 2 is 1.88 bits per heavy atom. The number of Topliss-reactive ketones (excluding diaryl/α,β-unsaturated/α-hetero) is 1. The largest absolute Gasteiger partial charge is 0.495 e. The summed E-state index contributed by atoms with van der Waals surface area (Å²) in [5.41, 5.74) is 1.94. The lowest BCUT2D eigenvalue weighted by Gasteiger charge is -2.21. The molecule has 0 aliphatic carbocycles. The normalized spacial score (nSPS) is 12.3. The second kappa shape index (κ2) is 12.2. The quantitative estimate of drug-likeness (QED) is 0.183. The number of pyridine rings is 1. The first-order chi connectivity index (χ1) is 20.2. The van der Waals surface area contributed by atoms with Gasteiger partial charge in [-0.15, -0.1) is 5.10 Å². The lowest BCUT2D eigenvalue weighted by molar-refractivity contribution is -0.121. The fourth-order valence-electron chi connectivity index (χ4n) is 5.04. The number of ether oxygens (including phenoxy) is 1. The first-order valence-electron chi connectivity index (χ1n) is 13.4. The van der Waals surface area contributed by atoms with Gasteiger partial charge in [0.2, 0.25) is 0 Å². The van der Waals surface area contributed by atoms with Crippen molar-refractivity contribution in [2.75, 3.05) is 7.11 Å². The fourth-order valence-corrected chi connectivity index (χ4v) is 5.22. The van der Waals surface area contributed by atoms with Gasteiger partial charge < -0.3 is 9.30 Å². The summed E-state index contributed by atoms with van der Waals surface area (Å²) in [6.07, 6.45) is 3.95. The monoisotopic (exact) mass is 594 g/mol. The van der Waals surface area contributed by atoms with Crippen LogP contribution in [0.5, 0.6) is 5.75 Å². The number of aryl methyl sites for hydroxylation is 1. The van der Waals surface area contributed by atoms with E-state index in [1.54, 1.807) is 22.9 Å². The minimum atomic E-state index is -2.79. The molecule has 0 saturated heterocycles. The number of ketones is 1. The Bertz CT molecular complexity index is 1810.